The Morgan fingerprint density at radius 3 is 2.75 bits per heavy atom. The Balaban J connectivity index is 1.40. The Morgan fingerprint density at radius 2 is 2.12 bits per heavy atom. The van der Waals surface area contributed by atoms with Crippen molar-refractivity contribution >= 4 is 11.5 Å². The van der Waals surface area contributed by atoms with Gasteiger partial charge in [0.1, 0.15) is 0 Å². The lowest BCUT2D eigenvalue weighted by Gasteiger charge is -2.32. The zero-order chi connectivity index (χ0) is 10.8. The molecule has 3 rings (SSSR count). The van der Waals surface area contributed by atoms with Crippen LogP contribution in [-0.4, -0.2) is 39.7 Å². The van der Waals surface area contributed by atoms with Crippen LogP contribution in [-0.2, 0) is 6.54 Å². The summed E-state index contributed by atoms with van der Waals surface area (Å²) in [5.74, 6) is 0. The van der Waals surface area contributed by atoms with Gasteiger partial charge >= 0.3 is 0 Å². The molecule has 0 bridgehead atoms. The van der Waals surface area contributed by atoms with Gasteiger partial charge in [-0.25, -0.2) is 0 Å². The molecule has 2 aliphatic rings. The number of aromatic nitrogens is 2. The minimum Gasteiger partial charge on any atom is -0.308 e. The summed E-state index contributed by atoms with van der Waals surface area (Å²) in [5, 5.41) is 9.65. The van der Waals surface area contributed by atoms with Crippen molar-refractivity contribution in [3.8, 4) is 0 Å². The van der Waals surface area contributed by atoms with Gasteiger partial charge in [0.15, 0.2) is 0 Å². The predicted molar refractivity (Wildman–Crippen MR) is 64.4 cm³/mol. The third kappa shape index (κ3) is 2.59. The second-order valence-corrected chi connectivity index (χ2v) is 5.43. The summed E-state index contributed by atoms with van der Waals surface area (Å²) in [6.07, 6.45) is 5.44. The first kappa shape index (κ1) is 10.6. The first-order chi connectivity index (χ1) is 7.92. The van der Waals surface area contributed by atoms with Crippen molar-refractivity contribution in [1.29, 1.82) is 0 Å². The largest absolute Gasteiger partial charge is 0.308 e. The molecule has 4 nitrogen and oxygen atoms in total. The van der Waals surface area contributed by atoms with Gasteiger partial charge < -0.3 is 10.2 Å². The van der Waals surface area contributed by atoms with Gasteiger partial charge in [0.25, 0.3) is 0 Å². The number of piperidine rings is 1. The molecule has 0 spiro atoms. The first-order valence-corrected chi connectivity index (χ1v) is 6.99. The molecule has 0 amide bonds. The van der Waals surface area contributed by atoms with Gasteiger partial charge in [0.2, 0.25) is 0 Å². The van der Waals surface area contributed by atoms with Crippen molar-refractivity contribution in [1.82, 2.24) is 19.8 Å². The molecule has 0 radical (unpaired) electrons. The quantitative estimate of drug-likeness (QED) is 0.857. The summed E-state index contributed by atoms with van der Waals surface area (Å²) in [4.78, 5) is 2.66. The van der Waals surface area contributed by atoms with E-state index in [4.69, 9.17) is 0 Å². The fourth-order valence-electron chi connectivity index (χ4n) is 2.42. The van der Waals surface area contributed by atoms with Gasteiger partial charge in [-0.1, -0.05) is 4.49 Å². The minimum absolute atomic E-state index is 0.678. The maximum absolute atomic E-state index is 4.05. The Hall–Kier alpha value is -0.520. The Kier molecular flexibility index (Phi) is 3.17. The van der Waals surface area contributed by atoms with E-state index in [-0.39, 0.29) is 0 Å². The van der Waals surface area contributed by atoms with Crippen molar-refractivity contribution in [2.45, 2.75) is 44.3 Å². The van der Waals surface area contributed by atoms with Crippen molar-refractivity contribution in [2.75, 3.05) is 13.1 Å². The highest BCUT2D eigenvalue weighted by molar-refractivity contribution is 7.03. The van der Waals surface area contributed by atoms with E-state index in [9.17, 15) is 0 Å². The smallest absolute Gasteiger partial charge is 0.0893 e. The minimum atomic E-state index is 0.678. The van der Waals surface area contributed by atoms with Crippen LogP contribution in [0, 0.1) is 0 Å². The first-order valence-electron chi connectivity index (χ1n) is 6.15. The summed E-state index contributed by atoms with van der Waals surface area (Å²) >= 11 is 1.43. The lowest BCUT2D eigenvalue weighted by molar-refractivity contribution is 0.189. The molecule has 1 saturated heterocycles. The van der Waals surface area contributed by atoms with E-state index >= 15 is 0 Å². The van der Waals surface area contributed by atoms with Crippen LogP contribution >= 0.6 is 11.5 Å². The highest BCUT2D eigenvalue weighted by atomic mass is 32.1. The van der Waals surface area contributed by atoms with Crippen LogP contribution in [0.5, 0.6) is 0 Å². The van der Waals surface area contributed by atoms with Crippen LogP contribution in [0.15, 0.2) is 5.38 Å². The molecule has 16 heavy (non-hydrogen) atoms. The molecule has 2 heterocycles. The Morgan fingerprint density at radius 1 is 1.31 bits per heavy atom. The third-order valence-corrected chi connectivity index (χ3v) is 4.12. The van der Waals surface area contributed by atoms with E-state index in [1.807, 2.05) is 5.38 Å². The highest BCUT2D eigenvalue weighted by Gasteiger charge is 2.31. The molecule has 2 fully saturated rings. The summed E-state index contributed by atoms with van der Waals surface area (Å²) in [7, 11) is 0. The van der Waals surface area contributed by atoms with Crippen LogP contribution in [0.25, 0.3) is 0 Å². The summed E-state index contributed by atoms with van der Waals surface area (Å²) in [6.45, 7) is 3.43. The molecule has 88 valence electrons. The van der Waals surface area contributed by atoms with Crippen molar-refractivity contribution in [3.63, 3.8) is 0 Å². The van der Waals surface area contributed by atoms with Crippen LogP contribution < -0.4 is 5.32 Å². The lowest BCUT2D eigenvalue weighted by Crippen LogP contribution is -2.43. The van der Waals surface area contributed by atoms with Crippen LogP contribution in [0.4, 0.5) is 0 Å². The van der Waals surface area contributed by atoms with E-state index in [0.29, 0.717) is 6.04 Å². The third-order valence-electron chi connectivity index (χ3n) is 3.57. The van der Waals surface area contributed by atoms with Crippen molar-refractivity contribution in [3.05, 3.63) is 11.1 Å². The van der Waals surface area contributed by atoms with Crippen LogP contribution in [0.1, 0.15) is 31.4 Å². The van der Waals surface area contributed by atoms with E-state index in [2.05, 4.69) is 19.8 Å². The van der Waals surface area contributed by atoms with E-state index in [1.165, 1.54) is 50.3 Å². The maximum atomic E-state index is 4.05. The Labute approximate surface area is 100 Å². The predicted octanol–water partition coefficient (Wildman–Crippen LogP) is 1.25. The average Bonchev–Trinajstić information content (AvgIpc) is 3.05. The van der Waals surface area contributed by atoms with Crippen LogP contribution in [0.3, 0.4) is 0 Å². The van der Waals surface area contributed by atoms with Gasteiger partial charge in [0.05, 0.1) is 5.69 Å². The molecule has 1 saturated carbocycles. The number of likely N-dealkylation sites (tertiary alicyclic amines) is 1. The summed E-state index contributed by atoms with van der Waals surface area (Å²) in [5.41, 5.74) is 1.08. The molecule has 1 aliphatic carbocycles. The number of nitrogens with one attached hydrogen (secondary N) is 1. The Bertz CT molecular complexity index is 315. The monoisotopic (exact) mass is 238 g/mol. The molecule has 0 unspecified atom stereocenters. The molecular weight excluding hydrogens is 220 g/mol. The zero-order valence-electron chi connectivity index (χ0n) is 9.43. The summed E-state index contributed by atoms with van der Waals surface area (Å²) in [6, 6.07) is 1.61. The second-order valence-electron chi connectivity index (χ2n) is 4.82. The van der Waals surface area contributed by atoms with E-state index in [0.717, 1.165) is 18.3 Å². The lowest BCUT2D eigenvalue weighted by atomic mass is 10.0. The van der Waals surface area contributed by atoms with Gasteiger partial charge in [-0.05, 0) is 50.3 Å². The molecule has 5 heteroatoms. The topological polar surface area (TPSA) is 41.1 Å². The SMILES string of the molecule is c1snnc1CNC1CCN(C2CC2)CC1. The zero-order valence-corrected chi connectivity index (χ0v) is 10.2. The average molecular weight is 238 g/mol. The number of hydrogen-bond donors (Lipinski definition) is 1. The molecule has 1 N–H and O–H groups in total. The molecule has 1 aromatic rings. The maximum Gasteiger partial charge on any atom is 0.0893 e. The molecule has 1 aliphatic heterocycles. The van der Waals surface area contributed by atoms with Crippen molar-refractivity contribution in [2.24, 2.45) is 0 Å². The van der Waals surface area contributed by atoms with Gasteiger partial charge in [-0.15, -0.1) is 5.10 Å². The fraction of sp³-hybridized carbons (Fsp3) is 0.818. The molecule has 1 aromatic heterocycles. The number of rotatable bonds is 4. The normalized spacial score (nSPS) is 23.8. The highest BCUT2D eigenvalue weighted by Crippen LogP contribution is 2.29. The van der Waals surface area contributed by atoms with Gasteiger partial charge in [-0.2, -0.15) is 0 Å². The number of hydrogen-bond acceptors (Lipinski definition) is 5. The van der Waals surface area contributed by atoms with Crippen molar-refractivity contribution < 1.29 is 0 Å². The van der Waals surface area contributed by atoms with Crippen LogP contribution in [0.2, 0.25) is 0 Å². The number of nitrogens with zero attached hydrogens (tertiary/aromatic N) is 3. The second kappa shape index (κ2) is 4.77. The van der Waals surface area contributed by atoms with E-state index < -0.39 is 0 Å². The molecular formula is C11H18N4S. The fourth-order valence-corrected chi connectivity index (χ4v) is 2.87. The van der Waals surface area contributed by atoms with E-state index in [1.54, 1.807) is 0 Å². The molecule has 0 aromatic carbocycles. The summed E-state index contributed by atoms with van der Waals surface area (Å²) < 4.78 is 3.87. The van der Waals surface area contributed by atoms with Gasteiger partial charge in [0, 0.05) is 24.0 Å². The molecule has 0 atom stereocenters. The standard InChI is InChI=1S/C11H18N4S/c1-2-11(1)15-5-3-9(4-6-15)12-7-10-8-16-14-13-10/h8-9,11-12H,1-7H2. The van der Waals surface area contributed by atoms with Gasteiger partial charge in [-0.3, -0.25) is 0 Å².